The molecule has 0 spiro atoms. The lowest BCUT2D eigenvalue weighted by Crippen LogP contribution is -2.11. The van der Waals surface area contributed by atoms with Crippen LogP contribution in [0.5, 0.6) is 5.75 Å². The summed E-state index contributed by atoms with van der Waals surface area (Å²) in [5.74, 6) is 6.88. The second-order valence-electron chi connectivity index (χ2n) is 5.09. The van der Waals surface area contributed by atoms with Crippen molar-refractivity contribution < 1.29 is 4.74 Å². The van der Waals surface area contributed by atoms with Crippen LogP contribution in [0.15, 0.2) is 42.5 Å². The van der Waals surface area contributed by atoms with Crippen molar-refractivity contribution in [2.24, 2.45) is 5.84 Å². The van der Waals surface area contributed by atoms with Crippen molar-refractivity contribution in [2.75, 3.05) is 17.8 Å². The number of nitrogen functional groups attached to an aromatic ring is 2. The Labute approximate surface area is 138 Å². The minimum atomic E-state index is 0.163. The molecule has 24 heavy (non-hydrogen) atoms. The number of fused-ring (bicyclic) bond motifs is 1. The molecule has 0 aliphatic heterocycles. The van der Waals surface area contributed by atoms with Crippen LogP contribution < -0.4 is 21.7 Å². The first kappa shape index (κ1) is 15.5. The molecular weight excluding hydrogens is 304 g/mol. The quantitative estimate of drug-likeness (QED) is 0.375. The summed E-state index contributed by atoms with van der Waals surface area (Å²) in [7, 11) is 0. The van der Waals surface area contributed by atoms with E-state index in [0.717, 1.165) is 16.5 Å². The Morgan fingerprint density at radius 2 is 1.96 bits per heavy atom. The van der Waals surface area contributed by atoms with Crippen LogP contribution >= 0.6 is 0 Å². The van der Waals surface area contributed by atoms with Gasteiger partial charge in [0.05, 0.1) is 18.0 Å². The Morgan fingerprint density at radius 1 is 1.12 bits per heavy atom. The first-order valence-corrected chi connectivity index (χ1v) is 7.35. The average Bonchev–Trinajstić information content (AvgIpc) is 2.61. The highest BCUT2D eigenvalue weighted by Crippen LogP contribution is 2.29. The van der Waals surface area contributed by atoms with E-state index in [-0.39, 0.29) is 5.95 Å². The van der Waals surface area contributed by atoms with Gasteiger partial charge in [-0.15, -0.1) is 0 Å². The first-order valence-electron chi connectivity index (χ1n) is 7.35. The number of hydrazine groups is 1. The summed E-state index contributed by atoms with van der Waals surface area (Å²) in [6.07, 6.45) is 0.352. The van der Waals surface area contributed by atoms with Gasteiger partial charge in [0.2, 0.25) is 5.95 Å². The number of benzene rings is 2. The van der Waals surface area contributed by atoms with Crippen molar-refractivity contribution in [2.45, 2.75) is 6.42 Å². The normalized spacial score (nSPS) is 10.3. The zero-order valence-electron chi connectivity index (χ0n) is 12.9. The zero-order valence-corrected chi connectivity index (χ0v) is 12.9. The molecule has 0 saturated carbocycles. The summed E-state index contributed by atoms with van der Waals surface area (Å²) in [5, 5.41) is 9.36. The van der Waals surface area contributed by atoms with Crippen LogP contribution in [-0.4, -0.2) is 16.6 Å². The second-order valence-corrected chi connectivity index (χ2v) is 5.09. The predicted molar refractivity (Wildman–Crippen MR) is 92.9 cm³/mol. The number of anilines is 2. The smallest absolute Gasteiger partial charge is 0.222 e. The fourth-order valence-electron chi connectivity index (χ4n) is 2.42. The number of rotatable bonds is 5. The summed E-state index contributed by atoms with van der Waals surface area (Å²) in [5.41, 5.74) is 10.9. The SMILES string of the molecule is N#CCCOc1cccc(-c2ccc3nc(N)nc(NN)c3c2)c1. The molecule has 2 aromatic carbocycles. The molecular formula is C17H16N6O. The van der Waals surface area contributed by atoms with Crippen LogP contribution in [0.4, 0.5) is 11.8 Å². The Hall–Kier alpha value is -3.37. The maximum atomic E-state index is 8.58. The summed E-state index contributed by atoms with van der Waals surface area (Å²) in [4.78, 5) is 8.30. The van der Waals surface area contributed by atoms with E-state index in [9.17, 15) is 0 Å². The maximum Gasteiger partial charge on any atom is 0.222 e. The molecule has 0 fully saturated rings. The minimum absolute atomic E-state index is 0.163. The summed E-state index contributed by atoms with van der Waals surface area (Å²) >= 11 is 0. The van der Waals surface area contributed by atoms with Crippen molar-refractivity contribution in [3.63, 3.8) is 0 Å². The number of hydrogen-bond acceptors (Lipinski definition) is 7. The second kappa shape index (κ2) is 6.81. The van der Waals surface area contributed by atoms with Gasteiger partial charge < -0.3 is 15.9 Å². The van der Waals surface area contributed by atoms with E-state index in [1.807, 2.05) is 42.5 Å². The number of hydrogen-bond donors (Lipinski definition) is 3. The van der Waals surface area contributed by atoms with Gasteiger partial charge in [-0.05, 0) is 35.4 Å². The molecule has 0 unspecified atom stereocenters. The maximum absolute atomic E-state index is 8.58. The van der Waals surface area contributed by atoms with E-state index < -0.39 is 0 Å². The van der Waals surface area contributed by atoms with Gasteiger partial charge >= 0.3 is 0 Å². The zero-order chi connectivity index (χ0) is 16.9. The topological polar surface area (TPSA) is 123 Å². The highest BCUT2D eigenvalue weighted by atomic mass is 16.5. The monoisotopic (exact) mass is 320 g/mol. The number of nitrogens with one attached hydrogen (secondary N) is 1. The molecule has 0 aliphatic carbocycles. The van der Waals surface area contributed by atoms with Crippen molar-refractivity contribution in [3.05, 3.63) is 42.5 Å². The Bertz CT molecular complexity index is 919. The molecule has 5 N–H and O–H groups in total. The van der Waals surface area contributed by atoms with E-state index >= 15 is 0 Å². The van der Waals surface area contributed by atoms with Crippen molar-refractivity contribution in [3.8, 4) is 22.9 Å². The van der Waals surface area contributed by atoms with Gasteiger partial charge in [0.1, 0.15) is 12.4 Å². The fraction of sp³-hybridized carbons (Fsp3) is 0.118. The highest BCUT2D eigenvalue weighted by Gasteiger charge is 2.08. The van der Waals surface area contributed by atoms with Crippen molar-refractivity contribution in [1.29, 1.82) is 5.26 Å². The number of ether oxygens (including phenoxy) is 1. The van der Waals surface area contributed by atoms with Gasteiger partial charge in [-0.3, -0.25) is 0 Å². The highest BCUT2D eigenvalue weighted by molar-refractivity contribution is 5.93. The molecule has 7 nitrogen and oxygen atoms in total. The van der Waals surface area contributed by atoms with Crippen LogP contribution in [-0.2, 0) is 0 Å². The van der Waals surface area contributed by atoms with Gasteiger partial charge in [0.25, 0.3) is 0 Å². The molecule has 3 rings (SSSR count). The lowest BCUT2D eigenvalue weighted by Gasteiger charge is -2.10. The van der Waals surface area contributed by atoms with Gasteiger partial charge in [-0.1, -0.05) is 18.2 Å². The van der Waals surface area contributed by atoms with Gasteiger partial charge in [-0.2, -0.15) is 10.2 Å². The van der Waals surface area contributed by atoms with Crippen LogP contribution in [0.25, 0.3) is 22.0 Å². The van der Waals surface area contributed by atoms with E-state index in [1.54, 1.807) is 0 Å². The van der Waals surface area contributed by atoms with E-state index in [1.165, 1.54) is 0 Å². The Balaban J connectivity index is 1.99. The van der Waals surface area contributed by atoms with Gasteiger partial charge in [0.15, 0.2) is 5.82 Å². The molecule has 0 bridgehead atoms. The number of nitrogens with two attached hydrogens (primary N) is 2. The van der Waals surface area contributed by atoms with E-state index in [4.69, 9.17) is 21.6 Å². The third-order valence-corrected chi connectivity index (χ3v) is 3.50. The molecule has 1 aromatic heterocycles. The van der Waals surface area contributed by atoms with Crippen LogP contribution in [0.3, 0.4) is 0 Å². The fourth-order valence-corrected chi connectivity index (χ4v) is 2.42. The molecule has 0 aliphatic rings. The van der Waals surface area contributed by atoms with E-state index in [0.29, 0.717) is 30.1 Å². The molecule has 1 heterocycles. The standard InChI is InChI=1S/C17H16N6O/c18-7-2-8-24-13-4-1-3-11(9-13)12-5-6-15-14(10-12)16(23-20)22-17(19)21-15/h1,3-6,9-10H,2,8,20H2,(H3,19,21,22,23). The third-order valence-electron chi connectivity index (χ3n) is 3.50. The Morgan fingerprint density at radius 3 is 2.75 bits per heavy atom. The molecule has 0 radical (unpaired) electrons. The van der Waals surface area contributed by atoms with Gasteiger partial charge in [0, 0.05) is 5.39 Å². The summed E-state index contributed by atoms with van der Waals surface area (Å²) in [6, 6.07) is 15.5. The van der Waals surface area contributed by atoms with Gasteiger partial charge in [-0.25, -0.2) is 10.8 Å². The Kier molecular flexibility index (Phi) is 4.40. The van der Waals surface area contributed by atoms with Crippen LogP contribution in [0, 0.1) is 11.3 Å². The molecule has 0 atom stereocenters. The summed E-state index contributed by atoms with van der Waals surface area (Å²) in [6.45, 7) is 0.367. The first-order chi connectivity index (χ1) is 11.7. The number of nitrogens with zero attached hydrogens (tertiary/aromatic N) is 3. The van der Waals surface area contributed by atoms with Crippen molar-refractivity contribution in [1.82, 2.24) is 9.97 Å². The average molecular weight is 320 g/mol. The predicted octanol–water partition coefficient (Wildman–Crippen LogP) is 2.46. The third kappa shape index (κ3) is 3.19. The van der Waals surface area contributed by atoms with Crippen LogP contribution in [0.1, 0.15) is 6.42 Å². The minimum Gasteiger partial charge on any atom is -0.493 e. The van der Waals surface area contributed by atoms with E-state index in [2.05, 4.69) is 21.5 Å². The molecule has 3 aromatic rings. The number of aromatic nitrogens is 2. The molecule has 0 saturated heterocycles. The molecule has 120 valence electrons. The molecule has 7 heteroatoms. The lowest BCUT2D eigenvalue weighted by atomic mass is 10.0. The lowest BCUT2D eigenvalue weighted by molar-refractivity contribution is 0.327. The van der Waals surface area contributed by atoms with Crippen LogP contribution in [0.2, 0.25) is 0 Å². The molecule has 0 amide bonds. The largest absolute Gasteiger partial charge is 0.493 e. The van der Waals surface area contributed by atoms with Crippen molar-refractivity contribution >= 4 is 22.7 Å². The number of nitriles is 1. The summed E-state index contributed by atoms with van der Waals surface area (Å²) < 4.78 is 5.56.